The summed E-state index contributed by atoms with van der Waals surface area (Å²) < 4.78 is 5.23. The molecule has 2 N–H and O–H groups in total. The molecular formula is C21H20N2O3. The van der Waals surface area contributed by atoms with E-state index in [0.29, 0.717) is 17.0 Å². The number of hydrogen-bond donors (Lipinski definition) is 2. The van der Waals surface area contributed by atoms with Crippen LogP contribution in [0.25, 0.3) is 10.8 Å². The molecule has 2 amide bonds. The molecule has 3 aromatic rings. The first-order chi connectivity index (χ1) is 12.6. The fourth-order valence-electron chi connectivity index (χ4n) is 2.71. The molecule has 3 rings (SSSR count). The van der Waals surface area contributed by atoms with E-state index in [2.05, 4.69) is 10.6 Å². The van der Waals surface area contributed by atoms with Crippen LogP contribution < -0.4 is 15.4 Å². The average Bonchev–Trinajstić information content (AvgIpc) is 2.66. The first-order valence-electron chi connectivity index (χ1n) is 8.28. The zero-order valence-electron chi connectivity index (χ0n) is 14.7. The quantitative estimate of drug-likeness (QED) is 0.741. The van der Waals surface area contributed by atoms with Gasteiger partial charge in [0.05, 0.1) is 19.3 Å². The Hall–Kier alpha value is -3.34. The third-order valence-corrected chi connectivity index (χ3v) is 4.05. The van der Waals surface area contributed by atoms with Crippen LogP contribution in [0.1, 0.15) is 15.9 Å². The van der Waals surface area contributed by atoms with Crippen molar-refractivity contribution in [2.24, 2.45) is 0 Å². The molecule has 132 valence electrons. The molecule has 0 atom stereocenters. The molecule has 0 heterocycles. The normalized spacial score (nSPS) is 10.4. The Morgan fingerprint density at radius 2 is 1.73 bits per heavy atom. The van der Waals surface area contributed by atoms with Crippen LogP contribution in [0, 0.1) is 6.92 Å². The minimum Gasteiger partial charge on any atom is -0.495 e. The number of carbonyl (C=O) groups is 2. The van der Waals surface area contributed by atoms with Crippen LogP contribution in [0.4, 0.5) is 5.69 Å². The van der Waals surface area contributed by atoms with E-state index in [9.17, 15) is 9.59 Å². The highest BCUT2D eigenvalue weighted by Gasteiger charge is 2.11. The van der Waals surface area contributed by atoms with E-state index in [1.165, 1.54) is 0 Å². The Morgan fingerprint density at radius 1 is 0.962 bits per heavy atom. The minimum atomic E-state index is -0.317. The van der Waals surface area contributed by atoms with E-state index >= 15 is 0 Å². The summed E-state index contributed by atoms with van der Waals surface area (Å²) in [5, 5.41) is 7.45. The van der Waals surface area contributed by atoms with Crippen molar-refractivity contribution in [1.29, 1.82) is 0 Å². The maximum Gasteiger partial charge on any atom is 0.251 e. The Bertz CT molecular complexity index is 966. The molecule has 0 aliphatic carbocycles. The highest BCUT2D eigenvalue weighted by Crippen LogP contribution is 2.25. The molecule has 0 fully saturated rings. The lowest BCUT2D eigenvalue weighted by molar-refractivity contribution is -0.115. The van der Waals surface area contributed by atoms with Gasteiger partial charge in [0.25, 0.3) is 5.91 Å². The van der Waals surface area contributed by atoms with Gasteiger partial charge < -0.3 is 15.4 Å². The van der Waals surface area contributed by atoms with Crippen molar-refractivity contribution in [2.45, 2.75) is 6.92 Å². The molecule has 26 heavy (non-hydrogen) atoms. The fraction of sp³-hybridized carbons (Fsp3) is 0.143. The molecule has 5 nitrogen and oxygen atoms in total. The summed E-state index contributed by atoms with van der Waals surface area (Å²) >= 11 is 0. The second-order valence-corrected chi connectivity index (χ2v) is 6.00. The number of hydrogen-bond acceptors (Lipinski definition) is 3. The molecule has 0 bridgehead atoms. The van der Waals surface area contributed by atoms with Gasteiger partial charge in [-0.3, -0.25) is 9.59 Å². The molecule has 0 radical (unpaired) electrons. The van der Waals surface area contributed by atoms with Crippen molar-refractivity contribution in [2.75, 3.05) is 19.0 Å². The van der Waals surface area contributed by atoms with E-state index in [-0.39, 0.29) is 18.4 Å². The Kier molecular flexibility index (Phi) is 5.17. The Labute approximate surface area is 152 Å². The van der Waals surface area contributed by atoms with Crippen molar-refractivity contribution in [3.63, 3.8) is 0 Å². The smallest absolute Gasteiger partial charge is 0.251 e. The van der Waals surface area contributed by atoms with Gasteiger partial charge in [0.15, 0.2) is 0 Å². The largest absolute Gasteiger partial charge is 0.495 e. The number of anilines is 1. The van der Waals surface area contributed by atoms with Gasteiger partial charge in [-0.25, -0.2) is 0 Å². The first-order valence-corrected chi connectivity index (χ1v) is 8.28. The third-order valence-electron chi connectivity index (χ3n) is 4.05. The lowest BCUT2D eigenvalue weighted by atomic mass is 10.1. The SMILES string of the molecule is COc1ccc(C)cc1NC(=O)CNC(=O)c1ccc2ccccc2c1. The number of aryl methyl sites for hydroxylation is 1. The third kappa shape index (κ3) is 4.00. The van der Waals surface area contributed by atoms with E-state index < -0.39 is 0 Å². The second-order valence-electron chi connectivity index (χ2n) is 6.00. The number of benzene rings is 3. The number of ether oxygens (including phenoxy) is 1. The summed E-state index contributed by atoms with van der Waals surface area (Å²) in [7, 11) is 1.54. The monoisotopic (exact) mass is 348 g/mol. The summed E-state index contributed by atoms with van der Waals surface area (Å²) in [4.78, 5) is 24.5. The number of rotatable bonds is 5. The van der Waals surface area contributed by atoms with E-state index in [0.717, 1.165) is 16.3 Å². The maximum absolute atomic E-state index is 12.3. The maximum atomic E-state index is 12.3. The van der Waals surface area contributed by atoms with Gasteiger partial charge in [-0.15, -0.1) is 0 Å². The summed E-state index contributed by atoms with van der Waals surface area (Å²) in [6, 6.07) is 18.8. The molecular weight excluding hydrogens is 328 g/mol. The van der Waals surface area contributed by atoms with Crippen molar-refractivity contribution in [3.05, 3.63) is 71.8 Å². The second kappa shape index (κ2) is 7.70. The number of amides is 2. The molecule has 0 unspecified atom stereocenters. The lowest BCUT2D eigenvalue weighted by Gasteiger charge is -2.11. The predicted octanol–water partition coefficient (Wildman–Crippen LogP) is 3.53. The Morgan fingerprint density at radius 3 is 2.50 bits per heavy atom. The zero-order chi connectivity index (χ0) is 18.5. The van der Waals surface area contributed by atoms with Crippen molar-refractivity contribution in [3.8, 4) is 5.75 Å². The van der Waals surface area contributed by atoms with Gasteiger partial charge in [-0.05, 0) is 47.5 Å². The van der Waals surface area contributed by atoms with Crippen LogP contribution in [0.3, 0.4) is 0 Å². The molecule has 0 aliphatic rings. The summed E-state index contributed by atoms with van der Waals surface area (Å²) in [6.45, 7) is 1.80. The van der Waals surface area contributed by atoms with Gasteiger partial charge in [-0.1, -0.05) is 36.4 Å². The number of nitrogens with one attached hydrogen (secondary N) is 2. The van der Waals surface area contributed by atoms with Crippen LogP contribution in [0.2, 0.25) is 0 Å². The minimum absolute atomic E-state index is 0.122. The van der Waals surface area contributed by atoms with Gasteiger partial charge in [0.2, 0.25) is 5.91 Å². The lowest BCUT2D eigenvalue weighted by Crippen LogP contribution is -2.32. The standard InChI is InChI=1S/C21H20N2O3/c1-14-7-10-19(26-2)18(11-14)23-20(24)13-22-21(25)17-9-8-15-5-3-4-6-16(15)12-17/h3-12H,13H2,1-2H3,(H,22,25)(H,23,24). The molecule has 3 aromatic carbocycles. The molecule has 0 spiro atoms. The highest BCUT2D eigenvalue weighted by atomic mass is 16.5. The number of fused-ring (bicyclic) bond motifs is 1. The van der Waals surface area contributed by atoms with E-state index in [1.807, 2.05) is 55.5 Å². The van der Waals surface area contributed by atoms with Crippen molar-refractivity contribution < 1.29 is 14.3 Å². The van der Waals surface area contributed by atoms with Crippen LogP contribution in [0.15, 0.2) is 60.7 Å². The van der Waals surface area contributed by atoms with Gasteiger partial charge in [0, 0.05) is 5.56 Å². The van der Waals surface area contributed by atoms with Crippen LogP contribution in [0.5, 0.6) is 5.75 Å². The molecule has 0 saturated carbocycles. The molecule has 0 saturated heterocycles. The zero-order valence-corrected chi connectivity index (χ0v) is 14.7. The summed E-state index contributed by atoms with van der Waals surface area (Å²) in [5.74, 6) is -0.0324. The van der Waals surface area contributed by atoms with E-state index in [4.69, 9.17) is 4.74 Å². The summed E-state index contributed by atoms with van der Waals surface area (Å²) in [6.07, 6.45) is 0. The Balaban J connectivity index is 1.63. The average molecular weight is 348 g/mol. The summed E-state index contributed by atoms with van der Waals surface area (Å²) in [5.41, 5.74) is 2.10. The number of methoxy groups -OCH3 is 1. The van der Waals surface area contributed by atoms with Crippen LogP contribution >= 0.6 is 0 Å². The van der Waals surface area contributed by atoms with Crippen LogP contribution in [-0.4, -0.2) is 25.5 Å². The fourth-order valence-corrected chi connectivity index (χ4v) is 2.71. The first kappa shape index (κ1) is 17.5. The van der Waals surface area contributed by atoms with Crippen LogP contribution in [-0.2, 0) is 4.79 Å². The van der Waals surface area contributed by atoms with Gasteiger partial charge in [0.1, 0.15) is 5.75 Å². The molecule has 0 aromatic heterocycles. The van der Waals surface area contributed by atoms with E-state index in [1.54, 1.807) is 19.2 Å². The highest BCUT2D eigenvalue weighted by molar-refractivity contribution is 6.01. The van der Waals surface area contributed by atoms with Crippen molar-refractivity contribution in [1.82, 2.24) is 5.32 Å². The number of carbonyl (C=O) groups excluding carboxylic acids is 2. The molecule has 5 heteroatoms. The van der Waals surface area contributed by atoms with Crippen molar-refractivity contribution >= 4 is 28.3 Å². The van der Waals surface area contributed by atoms with Gasteiger partial charge >= 0.3 is 0 Å². The molecule has 0 aliphatic heterocycles. The topological polar surface area (TPSA) is 67.4 Å². The predicted molar refractivity (Wildman–Crippen MR) is 103 cm³/mol. The van der Waals surface area contributed by atoms with Gasteiger partial charge in [-0.2, -0.15) is 0 Å².